The second-order valence-electron chi connectivity index (χ2n) is 4.99. The summed E-state index contributed by atoms with van der Waals surface area (Å²) in [6.07, 6.45) is 3.20. The molecule has 0 saturated carbocycles. The number of benzene rings is 2. The normalized spacial score (nSPS) is 12.1. The molecule has 0 heterocycles. The molecule has 0 spiro atoms. The highest BCUT2D eigenvalue weighted by atomic mass is 16.5. The molecule has 0 radical (unpaired) electrons. The third kappa shape index (κ3) is 4.39. The standard InChI is InChI=1S/C18H23NO/c1-2-20-17-13-11-16(12-14-17)18(19)10-6-9-15-7-4-3-5-8-15/h3-5,7-8,11-14,18H,2,6,9-10,19H2,1H3. The Labute approximate surface area is 121 Å². The second kappa shape index (κ2) is 7.71. The van der Waals surface area contributed by atoms with Crippen LogP contribution in [-0.4, -0.2) is 6.61 Å². The number of hydrogen-bond acceptors (Lipinski definition) is 2. The maximum atomic E-state index is 6.24. The van der Waals surface area contributed by atoms with Crippen molar-refractivity contribution in [3.63, 3.8) is 0 Å². The molecule has 1 unspecified atom stereocenters. The summed E-state index contributed by atoms with van der Waals surface area (Å²) in [5.74, 6) is 0.910. The molecule has 0 amide bonds. The van der Waals surface area contributed by atoms with E-state index in [1.807, 2.05) is 19.1 Å². The maximum absolute atomic E-state index is 6.24. The summed E-state index contributed by atoms with van der Waals surface area (Å²) in [5, 5.41) is 0. The van der Waals surface area contributed by atoms with Crippen LogP contribution in [0.25, 0.3) is 0 Å². The fourth-order valence-corrected chi connectivity index (χ4v) is 2.32. The quantitative estimate of drug-likeness (QED) is 0.821. The van der Waals surface area contributed by atoms with Crippen molar-refractivity contribution in [1.29, 1.82) is 0 Å². The Hall–Kier alpha value is -1.80. The summed E-state index contributed by atoms with van der Waals surface area (Å²) in [6, 6.07) is 18.8. The van der Waals surface area contributed by atoms with Crippen LogP contribution in [0.4, 0.5) is 0 Å². The number of nitrogens with two attached hydrogens (primary N) is 1. The fourth-order valence-electron chi connectivity index (χ4n) is 2.32. The van der Waals surface area contributed by atoms with Crippen LogP contribution < -0.4 is 10.5 Å². The average molecular weight is 269 g/mol. The van der Waals surface area contributed by atoms with E-state index in [1.54, 1.807) is 0 Å². The van der Waals surface area contributed by atoms with E-state index in [0.717, 1.165) is 25.0 Å². The molecule has 106 valence electrons. The first-order valence-electron chi connectivity index (χ1n) is 7.32. The molecule has 0 aliphatic carbocycles. The zero-order valence-electron chi connectivity index (χ0n) is 12.1. The van der Waals surface area contributed by atoms with E-state index in [9.17, 15) is 0 Å². The van der Waals surface area contributed by atoms with Gasteiger partial charge in [0.2, 0.25) is 0 Å². The van der Waals surface area contributed by atoms with Gasteiger partial charge in [-0.1, -0.05) is 42.5 Å². The van der Waals surface area contributed by atoms with Gasteiger partial charge in [-0.25, -0.2) is 0 Å². The number of hydrogen-bond donors (Lipinski definition) is 1. The van der Waals surface area contributed by atoms with Gasteiger partial charge in [0.25, 0.3) is 0 Å². The second-order valence-corrected chi connectivity index (χ2v) is 4.99. The zero-order valence-corrected chi connectivity index (χ0v) is 12.1. The smallest absolute Gasteiger partial charge is 0.119 e. The van der Waals surface area contributed by atoms with Crippen molar-refractivity contribution >= 4 is 0 Å². The minimum Gasteiger partial charge on any atom is -0.494 e. The van der Waals surface area contributed by atoms with Crippen LogP contribution >= 0.6 is 0 Å². The van der Waals surface area contributed by atoms with Gasteiger partial charge in [0, 0.05) is 6.04 Å². The van der Waals surface area contributed by atoms with E-state index < -0.39 is 0 Å². The topological polar surface area (TPSA) is 35.2 Å². The third-order valence-electron chi connectivity index (χ3n) is 3.44. The molecule has 2 heteroatoms. The van der Waals surface area contributed by atoms with Gasteiger partial charge in [-0.3, -0.25) is 0 Å². The molecule has 1 atom stereocenters. The third-order valence-corrected chi connectivity index (χ3v) is 3.44. The zero-order chi connectivity index (χ0) is 14.2. The molecule has 0 bridgehead atoms. The summed E-state index contributed by atoms with van der Waals surface area (Å²) in [5.41, 5.74) is 8.81. The van der Waals surface area contributed by atoms with E-state index in [0.29, 0.717) is 6.61 Å². The maximum Gasteiger partial charge on any atom is 0.119 e. The van der Waals surface area contributed by atoms with E-state index in [1.165, 1.54) is 11.1 Å². The Balaban J connectivity index is 1.80. The van der Waals surface area contributed by atoms with Crippen LogP contribution in [0.5, 0.6) is 5.75 Å². The summed E-state index contributed by atoms with van der Waals surface area (Å²) in [7, 11) is 0. The van der Waals surface area contributed by atoms with Crippen LogP contribution in [0.15, 0.2) is 54.6 Å². The molecule has 2 aromatic carbocycles. The van der Waals surface area contributed by atoms with Crippen molar-refractivity contribution < 1.29 is 4.74 Å². The lowest BCUT2D eigenvalue weighted by Crippen LogP contribution is -2.10. The molecular formula is C18H23NO. The van der Waals surface area contributed by atoms with Crippen molar-refractivity contribution in [2.75, 3.05) is 6.61 Å². The van der Waals surface area contributed by atoms with Gasteiger partial charge in [-0.15, -0.1) is 0 Å². The number of rotatable bonds is 7. The molecule has 2 rings (SSSR count). The van der Waals surface area contributed by atoms with Gasteiger partial charge in [0.1, 0.15) is 5.75 Å². The van der Waals surface area contributed by atoms with E-state index in [4.69, 9.17) is 10.5 Å². The molecule has 0 aromatic heterocycles. The summed E-state index contributed by atoms with van der Waals surface area (Å²) < 4.78 is 5.44. The molecule has 0 fully saturated rings. The van der Waals surface area contributed by atoms with E-state index in [-0.39, 0.29) is 6.04 Å². The summed E-state index contributed by atoms with van der Waals surface area (Å²) >= 11 is 0. The molecule has 2 nitrogen and oxygen atoms in total. The van der Waals surface area contributed by atoms with Crippen LogP contribution in [-0.2, 0) is 6.42 Å². The molecule has 0 aliphatic heterocycles. The molecule has 2 aromatic rings. The van der Waals surface area contributed by atoms with Crippen LogP contribution in [0.3, 0.4) is 0 Å². The van der Waals surface area contributed by atoms with Crippen LogP contribution in [0.1, 0.15) is 36.9 Å². The largest absolute Gasteiger partial charge is 0.494 e. The van der Waals surface area contributed by atoms with E-state index in [2.05, 4.69) is 42.5 Å². The van der Waals surface area contributed by atoms with Gasteiger partial charge >= 0.3 is 0 Å². The highest BCUT2D eigenvalue weighted by Gasteiger charge is 2.06. The van der Waals surface area contributed by atoms with Gasteiger partial charge < -0.3 is 10.5 Å². The molecular weight excluding hydrogens is 246 g/mol. The van der Waals surface area contributed by atoms with Gasteiger partial charge in [-0.2, -0.15) is 0 Å². The monoisotopic (exact) mass is 269 g/mol. The molecule has 2 N–H and O–H groups in total. The van der Waals surface area contributed by atoms with Crippen molar-refractivity contribution in [1.82, 2.24) is 0 Å². The lowest BCUT2D eigenvalue weighted by atomic mass is 10.00. The Morgan fingerprint density at radius 3 is 2.35 bits per heavy atom. The Morgan fingerprint density at radius 2 is 1.70 bits per heavy atom. The predicted molar refractivity (Wildman–Crippen MR) is 83.9 cm³/mol. The van der Waals surface area contributed by atoms with Gasteiger partial charge in [0.15, 0.2) is 0 Å². The first-order chi connectivity index (χ1) is 9.79. The lowest BCUT2D eigenvalue weighted by molar-refractivity contribution is 0.340. The van der Waals surface area contributed by atoms with Crippen LogP contribution in [0, 0.1) is 0 Å². The highest BCUT2D eigenvalue weighted by Crippen LogP contribution is 2.20. The van der Waals surface area contributed by atoms with Crippen molar-refractivity contribution in [3.8, 4) is 5.75 Å². The molecule has 0 aliphatic rings. The Bertz CT molecular complexity index is 493. The Kier molecular flexibility index (Phi) is 5.63. The number of ether oxygens (including phenoxy) is 1. The Morgan fingerprint density at radius 1 is 1.00 bits per heavy atom. The van der Waals surface area contributed by atoms with Gasteiger partial charge in [0.05, 0.1) is 6.61 Å². The summed E-state index contributed by atoms with van der Waals surface area (Å²) in [4.78, 5) is 0. The van der Waals surface area contributed by atoms with Crippen molar-refractivity contribution in [2.24, 2.45) is 5.73 Å². The summed E-state index contributed by atoms with van der Waals surface area (Å²) in [6.45, 7) is 2.69. The molecule has 20 heavy (non-hydrogen) atoms. The highest BCUT2D eigenvalue weighted by molar-refractivity contribution is 5.29. The first kappa shape index (κ1) is 14.6. The average Bonchev–Trinajstić information content (AvgIpc) is 2.49. The van der Waals surface area contributed by atoms with Gasteiger partial charge in [-0.05, 0) is 49.4 Å². The first-order valence-corrected chi connectivity index (χ1v) is 7.32. The fraction of sp³-hybridized carbons (Fsp3) is 0.333. The minimum atomic E-state index is 0.106. The lowest BCUT2D eigenvalue weighted by Gasteiger charge is -2.13. The van der Waals surface area contributed by atoms with E-state index >= 15 is 0 Å². The number of aryl methyl sites for hydroxylation is 1. The minimum absolute atomic E-state index is 0.106. The van der Waals surface area contributed by atoms with Crippen molar-refractivity contribution in [2.45, 2.75) is 32.2 Å². The van der Waals surface area contributed by atoms with Crippen molar-refractivity contribution in [3.05, 3.63) is 65.7 Å². The SMILES string of the molecule is CCOc1ccc(C(N)CCCc2ccccc2)cc1. The van der Waals surface area contributed by atoms with Crippen LogP contribution in [0.2, 0.25) is 0 Å². The predicted octanol–water partition coefficient (Wildman–Crippen LogP) is 4.11. The molecule has 0 saturated heterocycles.